The van der Waals surface area contributed by atoms with Gasteiger partial charge in [-0.1, -0.05) is 0 Å². The number of nitrogens with zero attached hydrogens (tertiary/aromatic N) is 3. The zero-order chi connectivity index (χ0) is 18.3. The summed E-state index contributed by atoms with van der Waals surface area (Å²) in [5, 5.41) is 0.751. The molecule has 0 radical (unpaired) electrons. The highest BCUT2D eigenvalue weighted by molar-refractivity contribution is 5.91. The third-order valence-electron chi connectivity index (χ3n) is 5.45. The molecule has 2 aliphatic rings. The summed E-state index contributed by atoms with van der Waals surface area (Å²) in [6, 6.07) is 3.65. The summed E-state index contributed by atoms with van der Waals surface area (Å²) < 4.78 is 21.9. The van der Waals surface area contributed by atoms with E-state index in [0.29, 0.717) is 42.4 Å². The van der Waals surface area contributed by atoms with E-state index in [1.807, 2.05) is 12.1 Å². The van der Waals surface area contributed by atoms with E-state index in [1.54, 1.807) is 21.3 Å². The third-order valence-corrected chi connectivity index (χ3v) is 5.45. The van der Waals surface area contributed by atoms with Crippen LogP contribution in [0.15, 0.2) is 12.1 Å². The Bertz CT molecular complexity index is 830. The molecular formula is C18H24N4O4. The Balaban J connectivity index is 1.71. The molecule has 0 bridgehead atoms. The topological polar surface area (TPSA) is 92.0 Å². The van der Waals surface area contributed by atoms with Gasteiger partial charge in [-0.2, -0.15) is 4.98 Å². The number of aromatic nitrogens is 2. The Morgan fingerprint density at radius 1 is 1.23 bits per heavy atom. The van der Waals surface area contributed by atoms with E-state index >= 15 is 0 Å². The van der Waals surface area contributed by atoms with Gasteiger partial charge in [0.25, 0.3) is 0 Å². The van der Waals surface area contributed by atoms with E-state index in [1.165, 1.54) is 0 Å². The molecule has 2 atom stereocenters. The molecule has 0 saturated carbocycles. The monoisotopic (exact) mass is 360 g/mol. The Kier molecular flexibility index (Phi) is 4.24. The van der Waals surface area contributed by atoms with Crippen LogP contribution in [0.4, 0.5) is 11.8 Å². The van der Waals surface area contributed by atoms with Crippen LogP contribution in [0.2, 0.25) is 0 Å². The largest absolute Gasteiger partial charge is 0.493 e. The fourth-order valence-electron chi connectivity index (χ4n) is 4.08. The fraction of sp³-hybridized carbons (Fsp3) is 0.556. The standard InChI is InChI=1S/C18H24N4O4/c1-23-9-18-8-22(6-11(18)7-26-10-18)17-20-13-5-15(25-3)14(24-2)4-12(13)16(19)21-17/h4-5,11H,6-10H2,1-3H3,(H2,19,20,21)/t11-,18-/m0/s1. The predicted molar refractivity (Wildman–Crippen MR) is 97.9 cm³/mol. The molecule has 0 spiro atoms. The number of nitrogen functional groups attached to an aromatic ring is 1. The second-order valence-electron chi connectivity index (χ2n) is 7.02. The van der Waals surface area contributed by atoms with Gasteiger partial charge in [-0.05, 0) is 6.07 Å². The van der Waals surface area contributed by atoms with E-state index in [0.717, 1.165) is 30.6 Å². The lowest BCUT2D eigenvalue weighted by molar-refractivity contribution is 0.0660. The predicted octanol–water partition coefficient (Wildman–Crippen LogP) is 1.33. The minimum atomic E-state index is -0.000568. The highest BCUT2D eigenvalue weighted by Gasteiger charge is 2.51. The molecule has 2 aliphatic heterocycles. The first-order valence-corrected chi connectivity index (χ1v) is 8.61. The van der Waals surface area contributed by atoms with E-state index in [-0.39, 0.29) is 5.41 Å². The van der Waals surface area contributed by atoms with Crippen molar-refractivity contribution < 1.29 is 18.9 Å². The number of rotatable bonds is 5. The highest BCUT2D eigenvalue weighted by Crippen LogP contribution is 2.43. The fourth-order valence-corrected chi connectivity index (χ4v) is 4.08. The summed E-state index contributed by atoms with van der Waals surface area (Å²) in [6.45, 7) is 3.75. The zero-order valence-electron chi connectivity index (χ0n) is 15.3. The van der Waals surface area contributed by atoms with Gasteiger partial charge in [-0.15, -0.1) is 0 Å². The van der Waals surface area contributed by atoms with Crippen LogP contribution < -0.4 is 20.1 Å². The number of methoxy groups -OCH3 is 3. The number of anilines is 2. The van der Waals surface area contributed by atoms with Gasteiger partial charge in [0.2, 0.25) is 5.95 Å². The van der Waals surface area contributed by atoms with Crippen LogP contribution in [-0.4, -0.2) is 64.2 Å². The van der Waals surface area contributed by atoms with Crippen molar-refractivity contribution in [2.75, 3.05) is 64.9 Å². The minimum absolute atomic E-state index is 0.000568. The SMILES string of the molecule is COC[C@@]12COC[C@@H]1CN(c1nc(N)c3cc(OC)c(OC)cc3n1)C2. The van der Waals surface area contributed by atoms with Crippen molar-refractivity contribution >= 4 is 22.7 Å². The van der Waals surface area contributed by atoms with Crippen LogP contribution in [0.5, 0.6) is 11.5 Å². The van der Waals surface area contributed by atoms with Crippen LogP contribution in [0.25, 0.3) is 10.9 Å². The Labute approximate surface area is 152 Å². The lowest BCUT2D eigenvalue weighted by atomic mass is 9.82. The molecule has 26 heavy (non-hydrogen) atoms. The van der Waals surface area contributed by atoms with Gasteiger partial charge in [0.05, 0.1) is 39.6 Å². The molecule has 8 nitrogen and oxygen atoms in total. The number of hydrogen-bond donors (Lipinski definition) is 1. The number of ether oxygens (including phenoxy) is 4. The van der Waals surface area contributed by atoms with E-state index < -0.39 is 0 Å². The molecule has 0 amide bonds. The van der Waals surface area contributed by atoms with Crippen LogP contribution in [0.3, 0.4) is 0 Å². The second-order valence-corrected chi connectivity index (χ2v) is 7.02. The maximum atomic E-state index is 6.22. The molecule has 3 heterocycles. The first-order chi connectivity index (χ1) is 12.6. The van der Waals surface area contributed by atoms with Crippen molar-refractivity contribution in [2.45, 2.75) is 0 Å². The summed E-state index contributed by atoms with van der Waals surface area (Å²) in [7, 11) is 4.93. The third kappa shape index (κ3) is 2.60. The first-order valence-electron chi connectivity index (χ1n) is 8.61. The number of hydrogen-bond acceptors (Lipinski definition) is 8. The van der Waals surface area contributed by atoms with E-state index in [9.17, 15) is 0 Å². The molecule has 1 aromatic carbocycles. The van der Waals surface area contributed by atoms with Crippen molar-refractivity contribution in [3.63, 3.8) is 0 Å². The van der Waals surface area contributed by atoms with Crippen molar-refractivity contribution in [2.24, 2.45) is 11.3 Å². The van der Waals surface area contributed by atoms with Crippen molar-refractivity contribution in [1.82, 2.24) is 9.97 Å². The van der Waals surface area contributed by atoms with Crippen molar-refractivity contribution in [3.05, 3.63) is 12.1 Å². The molecule has 0 aliphatic carbocycles. The van der Waals surface area contributed by atoms with Crippen LogP contribution >= 0.6 is 0 Å². The molecule has 2 N–H and O–H groups in total. The molecular weight excluding hydrogens is 336 g/mol. The lowest BCUT2D eigenvalue weighted by Gasteiger charge is -2.26. The van der Waals surface area contributed by atoms with E-state index in [4.69, 9.17) is 29.7 Å². The van der Waals surface area contributed by atoms with Gasteiger partial charge in [0.1, 0.15) is 5.82 Å². The van der Waals surface area contributed by atoms with Gasteiger partial charge in [-0.25, -0.2) is 4.98 Å². The van der Waals surface area contributed by atoms with E-state index in [2.05, 4.69) is 9.88 Å². The van der Waals surface area contributed by atoms with Gasteiger partial charge >= 0.3 is 0 Å². The Morgan fingerprint density at radius 3 is 2.73 bits per heavy atom. The normalized spacial score (nSPS) is 24.9. The molecule has 4 rings (SSSR count). The zero-order valence-corrected chi connectivity index (χ0v) is 15.3. The summed E-state index contributed by atoms with van der Waals surface area (Å²) in [4.78, 5) is 11.5. The van der Waals surface area contributed by atoms with Crippen LogP contribution in [0.1, 0.15) is 0 Å². The Hall–Kier alpha value is -2.32. The molecule has 0 unspecified atom stereocenters. The summed E-state index contributed by atoms with van der Waals surface area (Å²) in [6.07, 6.45) is 0. The second kappa shape index (κ2) is 6.44. The molecule has 8 heteroatoms. The van der Waals surface area contributed by atoms with Crippen molar-refractivity contribution in [3.8, 4) is 11.5 Å². The average molecular weight is 360 g/mol. The molecule has 2 aromatic rings. The quantitative estimate of drug-likeness (QED) is 0.854. The molecule has 140 valence electrons. The van der Waals surface area contributed by atoms with Crippen molar-refractivity contribution in [1.29, 1.82) is 0 Å². The highest BCUT2D eigenvalue weighted by atomic mass is 16.5. The maximum absolute atomic E-state index is 6.22. The molecule has 2 saturated heterocycles. The Morgan fingerprint density at radius 2 is 2.00 bits per heavy atom. The lowest BCUT2D eigenvalue weighted by Crippen LogP contribution is -2.35. The minimum Gasteiger partial charge on any atom is -0.493 e. The number of nitrogens with two attached hydrogens (primary N) is 1. The van der Waals surface area contributed by atoms with Gasteiger partial charge in [0, 0.05) is 43.0 Å². The molecule has 1 aromatic heterocycles. The van der Waals surface area contributed by atoms with Crippen LogP contribution in [0, 0.1) is 11.3 Å². The average Bonchev–Trinajstić information content (AvgIpc) is 3.17. The summed E-state index contributed by atoms with van der Waals surface area (Å²) in [5.41, 5.74) is 6.96. The van der Waals surface area contributed by atoms with Gasteiger partial charge in [-0.3, -0.25) is 0 Å². The number of fused-ring (bicyclic) bond motifs is 2. The number of benzene rings is 1. The summed E-state index contributed by atoms with van der Waals surface area (Å²) in [5.74, 6) is 2.70. The smallest absolute Gasteiger partial charge is 0.227 e. The van der Waals surface area contributed by atoms with Crippen LogP contribution in [-0.2, 0) is 9.47 Å². The van der Waals surface area contributed by atoms with Gasteiger partial charge < -0.3 is 29.6 Å². The van der Waals surface area contributed by atoms with Gasteiger partial charge in [0.15, 0.2) is 11.5 Å². The summed E-state index contributed by atoms with van der Waals surface area (Å²) >= 11 is 0. The first kappa shape index (κ1) is 17.1. The maximum Gasteiger partial charge on any atom is 0.227 e. The molecule has 2 fully saturated rings.